The van der Waals surface area contributed by atoms with Gasteiger partial charge in [0.1, 0.15) is 5.82 Å². The van der Waals surface area contributed by atoms with Crippen molar-refractivity contribution in [2.75, 3.05) is 5.32 Å². The van der Waals surface area contributed by atoms with E-state index in [0.717, 1.165) is 0 Å². The summed E-state index contributed by atoms with van der Waals surface area (Å²) < 4.78 is 14.7. The van der Waals surface area contributed by atoms with Crippen LogP contribution in [0.4, 0.5) is 10.1 Å². The van der Waals surface area contributed by atoms with E-state index in [2.05, 4.69) is 15.6 Å². The number of hydrogen-bond donors (Lipinski definition) is 2. The molecule has 7 heteroatoms. The molecule has 4 rings (SSSR count). The minimum absolute atomic E-state index is 0.195. The molecule has 29 heavy (non-hydrogen) atoms. The van der Waals surface area contributed by atoms with Crippen LogP contribution >= 0.6 is 11.6 Å². The number of rotatable bonds is 4. The molecule has 1 atom stereocenters. The van der Waals surface area contributed by atoms with Crippen molar-refractivity contribution >= 4 is 35.3 Å². The molecule has 1 aliphatic rings. The first-order chi connectivity index (χ1) is 14.1. The number of fused-ring (bicyclic) bond motifs is 1. The lowest BCUT2D eigenvalue weighted by molar-refractivity contribution is -0.125. The molecule has 2 N–H and O–H groups in total. The number of nitrogens with one attached hydrogen (secondary N) is 2. The van der Waals surface area contributed by atoms with Crippen molar-refractivity contribution in [3.63, 3.8) is 0 Å². The van der Waals surface area contributed by atoms with Crippen molar-refractivity contribution in [1.82, 2.24) is 5.32 Å². The Morgan fingerprint density at radius 1 is 0.966 bits per heavy atom. The molecule has 0 fully saturated rings. The maximum atomic E-state index is 14.7. The Morgan fingerprint density at radius 3 is 2.34 bits per heavy atom. The quantitative estimate of drug-likeness (QED) is 0.644. The normalized spacial score (nSPS) is 18.1. The lowest BCUT2D eigenvalue weighted by Crippen LogP contribution is -2.50. The molecule has 144 valence electrons. The van der Waals surface area contributed by atoms with Crippen LogP contribution in [-0.2, 0) is 15.3 Å². The third-order valence-electron chi connectivity index (χ3n) is 4.70. The fraction of sp³-hybridized carbons (Fsp3) is 0.0455. The van der Waals surface area contributed by atoms with Gasteiger partial charge in [-0.15, -0.1) is 0 Å². The van der Waals surface area contributed by atoms with Crippen molar-refractivity contribution in [2.45, 2.75) is 5.66 Å². The Kier molecular flexibility index (Phi) is 4.86. The molecular formula is C22H15ClFN3O2. The van der Waals surface area contributed by atoms with Gasteiger partial charge in [0.05, 0.1) is 11.4 Å². The van der Waals surface area contributed by atoms with Crippen LogP contribution < -0.4 is 10.6 Å². The summed E-state index contributed by atoms with van der Waals surface area (Å²) in [6.45, 7) is 0. The van der Waals surface area contributed by atoms with Crippen LogP contribution in [0.15, 0.2) is 77.8 Å². The average molecular weight is 408 g/mol. The summed E-state index contributed by atoms with van der Waals surface area (Å²) in [6.07, 6.45) is 0.376. The van der Waals surface area contributed by atoms with Crippen molar-refractivity contribution in [3.8, 4) is 0 Å². The number of amides is 2. The third kappa shape index (κ3) is 3.17. The van der Waals surface area contributed by atoms with Gasteiger partial charge < -0.3 is 10.6 Å². The molecule has 5 nitrogen and oxygen atoms in total. The van der Waals surface area contributed by atoms with Gasteiger partial charge in [-0.1, -0.05) is 60.1 Å². The minimum Gasteiger partial charge on any atom is -0.323 e. The SMILES string of the molecule is O=CNC1(c2ccccc2Cl)N=C(c2ccccc2F)c2ccccc2NC1=O. The number of nitrogens with zero attached hydrogens (tertiary/aromatic N) is 1. The van der Waals surface area contributed by atoms with Crippen molar-refractivity contribution < 1.29 is 14.0 Å². The molecular weight excluding hydrogens is 393 g/mol. The lowest BCUT2D eigenvalue weighted by Gasteiger charge is -2.28. The number of aliphatic imine (C=N–C) groups is 1. The van der Waals surface area contributed by atoms with Gasteiger partial charge in [0.15, 0.2) is 0 Å². The molecule has 0 aliphatic carbocycles. The molecule has 3 aromatic rings. The molecule has 1 heterocycles. The largest absolute Gasteiger partial charge is 0.323 e. The van der Waals surface area contributed by atoms with Crippen LogP contribution in [0.25, 0.3) is 0 Å². The summed E-state index contributed by atoms with van der Waals surface area (Å²) in [7, 11) is 0. The molecule has 0 radical (unpaired) electrons. The maximum absolute atomic E-state index is 14.7. The molecule has 0 bridgehead atoms. The summed E-state index contributed by atoms with van der Waals surface area (Å²) >= 11 is 6.36. The molecule has 0 spiro atoms. The predicted octanol–water partition coefficient (Wildman–Crippen LogP) is 3.87. The van der Waals surface area contributed by atoms with Gasteiger partial charge in [0.2, 0.25) is 12.1 Å². The lowest BCUT2D eigenvalue weighted by atomic mass is 9.97. The van der Waals surface area contributed by atoms with Crippen molar-refractivity contribution in [3.05, 3.63) is 100 Å². The molecule has 1 unspecified atom stereocenters. The van der Waals surface area contributed by atoms with E-state index in [1.54, 1.807) is 66.7 Å². The van der Waals surface area contributed by atoms with E-state index < -0.39 is 17.4 Å². The number of anilines is 1. The van der Waals surface area contributed by atoms with E-state index >= 15 is 0 Å². The summed E-state index contributed by atoms with van der Waals surface area (Å²) in [5.41, 5.74) is -0.231. The second kappa shape index (κ2) is 7.48. The van der Waals surface area contributed by atoms with E-state index in [0.29, 0.717) is 17.7 Å². The molecule has 2 amide bonds. The third-order valence-corrected chi connectivity index (χ3v) is 5.03. The zero-order valence-electron chi connectivity index (χ0n) is 15.0. The zero-order valence-corrected chi connectivity index (χ0v) is 15.8. The van der Waals surface area contributed by atoms with Gasteiger partial charge in [0.25, 0.3) is 5.91 Å². The van der Waals surface area contributed by atoms with Crippen LogP contribution in [-0.4, -0.2) is 18.0 Å². The topological polar surface area (TPSA) is 70.6 Å². The van der Waals surface area contributed by atoms with E-state index in [4.69, 9.17) is 11.6 Å². The molecule has 1 aliphatic heterocycles. The summed E-state index contributed by atoms with van der Waals surface area (Å²) in [5, 5.41) is 5.53. The Labute approximate surface area is 171 Å². The van der Waals surface area contributed by atoms with Gasteiger partial charge in [-0.3, -0.25) is 9.59 Å². The second-order valence-electron chi connectivity index (χ2n) is 6.39. The number of carbonyl (C=O) groups is 2. The number of benzodiazepines with no additional fused rings is 1. The van der Waals surface area contributed by atoms with Gasteiger partial charge in [-0.2, -0.15) is 0 Å². The fourth-order valence-corrected chi connectivity index (χ4v) is 3.62. The number of para-hydroxylation sites is 1. The van der Waals surface area contributed by atoms with Crippen molar-refractivity contribution in [2.24, 2.45) is 4.99 Å². The standard InChI is InChI=1S/C22H15ClFN3O2/c23-17-10-4-3-9-16(17)22(25-13-28)21(29)26-19-12-6-2-8-15(19)20(27-22)14-7-1-5-11-18(14)24/h1-13H,(H,25,28)(H,26,29). The monoisotopic (exact) mass is 407 g/mol. The first kappa shape index (κ1) is 18.8. The summed E-state index contributed by atoms with van der Waals surface area (Å²) in [5.74, 6) is -1.12. The van der Waals surface area contributed by atoms with E-state index in [9.17, 15) is 14.0 Å². The second-order valence-corrected chi connectivity index (χ2v) is 6.80. The van der Waals surface area contributed by atoms with Gasteiger partial charge >= 0.3 is 0 Å². The van der Waals surface area contributed by atoms with Crippen molar-refractivity contribution in [1.29, 1.82) is 0 Å². The molecule has 3 aromatic carbocycles. The van der Waals surface area contributed by atoms with E-state index in [-0.39, 0.29) is 21.9 Å². The molecule has 0 aromatic heterocycles. The maximum Gasteiger partial charge on any atom is 0.277 e. The van der Waals surface area contributed by atoms with E-state index in [1.807, 2.05) is 0 Å². The highest BCUT2D eigenvalue weighted by Gasteiger charge is 2.44. The van der Waals surface area contributed by atoms with Crippen LogP contribution in [0.1, 0.15) is 16.7 Å². The predicted molar refractivity (Wildman–Crippen MR) is 109 cm³/mol. The van der Waals surface area contributed by atoms with Gasteiger partial charge in [-0.25, -0.2) is 9.38 Å². The molecule has 0 saturated carbocycles. The van der Waals surface area contributed by atoms with Gasteiger partial charge in [0, 0.05) is 21.7 Å². The number of benzene rings is 3. The average Bonchev–Trinajstić information content (AvgIpc) is 2.84. The highest BCUT2D eigenvalue weighted by molar-refractivity contribution is 6.32. The highest BCUT2D eigenvalue weighted by Crippen LogP contribution is 2.36. The first-order valence-electron chi connectivity index (χ1n) is 8.79. The number of carbonyl (C=O) groups excluding carboxylic acids is 2. The number of halogens is 2. The summed E-state index contributed by atoms with van der Waals surface area (Å²) in [4.78, 5) is 29.5. The molecule has 0 saturated heterocycles. The minimum atomic E-state index is -1.88. The Morgan fingerprint density at radius 2 is 1.62 bits per heavy atom. The van der Waals surface area contributed by atoms with Crippen LogP contribution in [0, 0.1) is 5.82 Å². The summed E-state index contributed by atoms with van der Waals surface area (Å²) in [6, 6.07) is 19.6. The van der Waals surface area contributed by atoms with E-state index in [1.165, 1.54) is 6.07 Å². The smallest absolute Gasteiger partial charge is 0.277 e. The van der Waals surface area contributed by atoms with Crippen LogP contribution in [0.2, 0.25) is 5.02 Å². The highest BCUT2D eigenvalue weighted by atomic mass is 35.5. The fourth-order valence-electron chi connectivity index (χ4n) is 3.35. The number of hydrogen-bond acceptors (Lipinski definition) is 3. The first-order valence-corrected chi connectivity index (χ1v) is 9.16. The zero-order chi connectivity index (χ0) is 20.4. The van der Waals surface area contributed by atoms with Crippen LogP contribution in [0.3, 0.4) is 0 Å². The van der Waals surface area contributed by atoms with Gasteiger partial charge in [-0.05, 0) is 24.3 Å². The Hall–Kier alpha value is -3.51. The Balaban J connectivity index is 2.08. The Bertz CT molecular complexity index is 1150. The van der Waals surface area contributed by atoms with Crippen LogP contribution in [0.5, 0.6) is 0 Å².